The van der Waals surface area contributed by atoms with Crippen molar-refractivity contribution in [2.45, 2.75) is 19.3 Å². The van der Waals surface area contributed by atoms with Crippen LogP contribution in [0.15, 0.2) is 36.4 Å². The SMILES string of the molecule is O=C(O)c1cc2c(nc1Oc1ccccc1)CCC2. The van der Waals surface area contributed by atoms with Crippen LogP contribution in [0.5, 0.6) is 11.6 Å². The number of hydrogen-bond donors (Lipinski definition) is 1. The van der Waals surface area contributed by atoms with E-state index in [1.54, 1.807) is 18.2 Å². The molecular weight excluding hydrogens is 242 g/mol. The number of nitrogens with zero attached hydrogens (tertiary/aromatic N) is 1. The van der Waals surface area contributed by atoms with Crippen LogP contribution in [-0.2, 0) is 12.8 Å². The third-order valence-corrected chi connectivity index (χ3v) is 3.20. The summed E-state index contributed by atoms with van der Waals surface area (Å²) < 4.78 is 5.60. The number of carbonyl (C=O) groups is 1. The van der Waals surface area contributed by atoms with Gasteiger partial charge < -0.3 is 9.84 Å². The fourth-order valence-electron chi connectivity index (χ4n) is 2.28. The molecule has 96 valence electrons. The summed E-state index contributed by atoms with van der Waals surface area (Å²) in [5, 5.41) is 9.25. The van der Waals surface area contributed by atoms with Crippen molar-refractivity contribution in [3.05, 3.63) is 53.2 Å². The van der Waals surface area contributed by atoms with Gasteiger partial charge in [-0.1, -0.05) is 18.2 Å². The van der Waals surface area contributed by atoms with Crippen molar-refractivity contribution in [1.82, 2.24) is 4.98 Å². The van der Waals surface area contributed by atoms with Crippen molar-refractivity contribution >= 4 is 5.97 Å². The lowest BCUT2D eigenvalue weighted by atomic mass is 10.1. The smallest absolute Gasteiger partial charge is 0.341 e. The minimum atomic E-state index is -1.01. The molecule has 0 saturated heterocycles. The number of ether oxygens (including phenoxy) is 1. The molecule has 0 bridgehead atoms. The van der Waals surface area contributed by atoms with Crippen molar-refractivity contribution in [3.63, 3.8) is 0 Å². The summed E-state index contributed by atoms with van der Waals surface area (Å²) in [5.74, 6) is -0.233. The molecule has 0 aliphatic heterocycles. The highest BCUT2D eigenvalue weighted by Gasteiger charge is 2.21. The first-order valence-corrected chi connectivity index (χ1v) is 6.23. The first-order valence-electron chi connectivity index (χ1n) is 6.23. The zero-order chi connectivity index (χ0) is 13.2. The van der Waals surface area contributed by atoms with E-state index < -0.39 is 5.97 Å². The maximum atomic E-state index is 11.3. The van der Waals surface area contributed by atoms with E-state index in [4.69, 9.17) is 4.74 Å². The summed E-state index contributed by atoms with van der Waals surface area (Å²) in [6.45, 7) is 0. The Bertz CT molecular complexity index is 623. The molecule has 1 aliphatic rings. The van der Waals surface area contributed by atoms with E-state index in [0.29, 0.717) is 5.75 Å². The van der Waals surface area contributed by atoms with Gasteiger partial charge in [-0.15, -0.1) is 0 Å². The van der Waals surface area contributed by atoms with Gasteiger partial charge in [0.05, 0.1) is 0 Å². The second kappa shape index (κ2) is 4.72. The minimum absolute atomic E-state index is 0.129. The first-order chi connectivity index (χ1) is 9.24. The lowest BCUT2D eigenvalue weighted by molar-refractivity contribution is 0.0693. The van der Waals surface area contributed by atoms with Gasteiger partial charge in [-0.25, -0.2) is 9.78 Å². The van der Waals surface area contributed by atoms with Crippen LogP contribution >= 0.6 is 0 Å². The molecule has 2 aromatic rings. The van der Waals surface area contributed by atoms with Crippen LogP contribution in [0.4, 0.5) is 0 Å². The molecule has 1 heterocycles. The second-order valence-corrected chi connectivity index (χ2v) is 4.52. The molecule has 0 saturated carbocycles. The highest BCUT2D eigenvalue weighted by Crippen LogP contribution is 2.29. The van der Waals surface area contributed by atoms with Crippen molar-refractivity contribution in [1.29, 1.82) is 0 Å². The molecule has 19 heavy (non-hydrogen) atoms. The summed E-state index contributed by atoms with van der Waals surface area (Å²) in [6.07, 6.45) is 2.81. The predicted octanol–water partition coefficient (Wildman–Crippen LogP) is 3.06. The standard InChI is InChI=1S/C15H13NO3/c17-15(18)12-9-10-5-4-8-13(10)16-14(12)19-11-6-2-1-3-7-11/h1-3,6-7,9H,4-5,8H2,(H,17,18). The quantitative estimate of drug-likeness (QED) is 0.915. The summed E-state index contributed by atoms with van der Waals surface area (Å²) in [7, 11) is 0. The van der Waals surface area contributed by atoms with Gasteiger partial charge in [0.15, 0.2) is 0 Å². The molecule has 0 unspecified atom stereocenters. The number of carboxylic acids is 1. The Balaban J connectivity index is 2.02. The number of aromatic nitrogens is 1. The molecule has 0 radical (unpaired) electrons. The van der Waals surface area contributed by atoms with Gasteiger partial charge >= 0.3 is 5.97 Å². The van der Waals surface area contributed by atoms with Gasteiger partial charge in [0.25, 0.3) is 0 Å². The summed E-state index contributed by atoms with van der Waals surface area (Å²) >= 11 is 0. The molecule has 1 aromatic carbocycles. The average molecular weight is 255 g/mol. The monoisotopic (exact) mass is 255 g/mol. The molecular formula is C15H13NO3. The van der Waals surface area contributed by atoms with Crippen LogP contribution in [0, 0.1) is 0 Å². The molecule has 4 heteroatoms. The predicted molar refractivity (Wildman–Crippen MR) is 69.7 cm³/mol. The van der Waals surface area contributed by atoms with Gasteiger partial charge in [0.1, 0.15) is 11.3 Å². The van der Waals surface area contributed by atoms with E-state index in [1.807, 2.05) is 18.2 Å². The number of aromatic carboxylic acids is 1. The second-order valence-electron chi connectivity index (χ2n) is 4.52. The molecule has 0 atom stereocenters. The average Bonchev–Trinajstić information content (AvgIpc) is 2.86. The topological polar surface area (TPSA) is 59.4 Å². The number of pyridine rings is 1. The van der Waals surface area contributed by atoms with Crippen LogP contribution in [0.2, 0.25) is 0 Å². The van der Waals surface area contributed by atoms with Gasteiger partial charge in [0.2, 0.25) is 5.88 Å². The summed E-state index contributed by atoms with van der Waals surface area (Å²) in [4.78, 5) is 15.7. The first kappa shape index (κ1) is 11.7. The molecule has 3 rings (SSSR count). The van der Waals surface area contributed by atoms with E-state index in [-0.39, 0.29) is 11.4 Å². The van der Waals surface area contributed by atoms with E-state index in [0.717, 1.165) is 30.5 Å². The van der Waals surface area contributed by atoms with E-state index >= 15 is 0 Å². The number of hydrogen-bond acceptors (Lipinski definition) is 3. The largest absolute Gasteiger partial charge is 0.477 e. The normalized spacial score (nSPS) is 13.1. The van der Waals surface area contributed by atoms with Gasteiger partial charge in [-0.3, -0.25) is 0 Å². The summed E-state index contributed by atoms with van der Waals surface area (Å²) in [6, 6.07) is 10.8. The van der Waals surface area contributed by atoms with E-state index in [1.165, 1.54) is 0 Å². The van der Waals surface area contributed by atoms with Crippen molar-refractivity contribution in [3.8, 4) is 11.6 Å². The molecule has 4 nitrogen and oxygen atoms in total. The zero-order valence-electron chi connectivity index (χ0n) is 10.3. The van der Waals surface area contributed by atoms with Gasteiger partial charge in [0, 0.05) is 5.69 Å². The summed E-state index contributed by atoms with van der Waals surface area (Å²) in [5.41, 5.74) is 2.11. The number of benzene rings is 1. The molecule has 0 fully saturated rings. The number of para-hydroxylation sites is 1. The minimum Gasteiger partial charge on any atom is -0.477 e. The number of carboxylic acid groups (broad SMARTS) is 1. The Kier molecular flexibility index (Phi) is 2.91. The van der Waals surface area contributed by atoms with Crippen molar-refractivity contribution in [2.24, 2.45) is 0 Å². The van der Waals surface area contributed by atoms with Crippen LogP contribution in [0.3, 0.4) is 0 Å². The third kappa shape index (κ3) is 2.29. The van der Waals surface area contributed by atoms with Crippen LogP contribution < -0.4 is 4.74 Å². The lowest BCUT2D eigenvalue weighted by Gasteiger charge is -2.09. The van der Waals surface area contributed by atoms with Crippen LogP contribution in [0.1, 0.15) is 28.0 Å². The Morgan fingerprint density at radius 1 is 1.21 bits per heavy atom. The highest BCUT2D eigenvalue weighted by atomic mass is 16.5. The number of fused-ring (bicyclic) bond motifs is 1. The van der Waals surface area contributed by atoms with Crippen LogP contribution in [-0.4, -0.2) is 16.1 Å². The Morgan fingerprint density at radius 3 is 2.74 bits per heavy atom. The van der Waals surface area contributed by atoms with E-state index in [9.17, 15) is 9.90 Å². The molecule has 1 aliphatic carbocycles. The zero-order valence-corrected chi connectivity index (χ0v) is 10.3. The highest BCUT2D eigenvalue weighted by molar-refractivity contribution is 5.90. The molecule has 1 aromatic heterocycles. The third-order valence-electron chi connectivity index (χ3n) is 3.20. The fraction of sp³-hybridized carbons (Fsp3) is 0.200. The Labute approximate surface area is 110 Å². The lowest BCUT2D eigenvalue weighted by Crippen LogP contribution is -2.05. The van der Waals surface area contributed by atoms with Gasteiger partial charge in [-0.2, -0.15) is 0 Å². The van der Waals surface area contributed by atoms with Crippen molar-refractivity contribution in [2.75, 3.05) is 0 Å². The fourth-order valence-corrected chi connectivity index (χ4v) is 2.28. The van der Waals surface area contributed by atoms with Crippen LogP contribution in [0.25, 0.3) is 0 Å². The Hall–Kier alpha value is -2.36. The molecule has 0 spiro atoms. The van der Waals surface area contributed by atoms with Crippen molar-refractivity contribution < 1.29 is 14.6 Å². The van der Waals surface area contributed by atoms with Gasteiger partial charge in [-0.05, 0) is 43.0 Å². The Morgan fingerprint density at radius 2 is 2.00 bits per heavy atom. The number of rotatable bonds is 3. The molecule has 0 amide bonds. The number of aryl methyl sites for hydroxylation is 2. The maximum Gasteiger partial charge on any atom is 0.341 e. The maximum absolute atomic E-state index is 11.3. The molecule has 1 N–H and O–H groups in total. The van der Waals surface area contributed by atoms with E-state index in [2.05, 4.69) is 4.98 Å².